The predicted octanol–water partition coefficient (Wildman–Crippen LogP) is 3.36. The number of methoxy groups -OCH3 is 1. The van der Waals surface area contributed by atoms with Gasteiger partial charge in [-0.3, -0.25) is 0 Å². The summed E-state index contributed by atoms with van der Waals surface area (Å²) in [5.74, 6) is 1.73. The predicted molar refractivity (Wildman–Crippen MR) is 86.5 cm³/mol. The Kier molecular flexibility index (Phi) is 6.19. The molecule has 0 fully saturated rings. The van der Waals surface area contributed by atoms with Crippen molar-refractivity contribution in [3.63, 3.8) is 0 Å². The van der Waals surface area contributed by atoms with Crippen molar-refractivity contribution in [2.75, 3.05) is 20.3 Å². The lowest BCUT2D eigenvalue weighted by Crippen LogP contribution is -2.02. The van der Waals surface area contributed by atoms with Gasteiger partial charge in [0, 0.05) is 26.0 Å². The van der Waals surface area contributed by atoms with Crippen LogP contribution in [-0.4, -0.2) is 25.5 Å². The summed E-state index contributed by atoms with van der Waals surface area (Å²) < 4.78 is 16.2. The van der Waals surface area contributed by atoms with Crippen molar-refractivity contribution in [1.29, 1.82) is 5.26 Å². The zero-order valence-corrected chi connectivity index (χ0v) is 13.9. The molecule has 1 aromatic heterocycles. The van der Waals surface area contributed by atoms with E-state index in [2.05, 4.69) is 11.2 Å². The average molecular weight is 314 g/mol. The number of hydrogen-bond acceptors (Lipinski definition) is 5. The van der Waals surface area contributed by atoms with Gasteiger partial charge in [-0.05, 0) is 43.5 Å². The molecular weight excluding hydrogens is 292 g/mol. The minimum Gasteiger partial charge on any atom is -0.493 e. The lowest BCUT2D eigenvalue weighted by Gasteiger charge is -2.12. The number of nitrogens with zero attached hydrogens (tertiary/aromatic N) is 2. The Morgan fingerprint density at radius 2 is 1.87 bits per heavy atom. The van der Waals surface area contributed by atoms with Crippen molar-refractivity contribution in [1.82, 2.24) is 5.16 Å². The van der Waals surface area contributed by atoms with E-state index in [-0.39, 0.29) is 0 Å². The van der Waals surface area contributed by atoms with E-state index in [0.717, 1.165) is 47.6 Å². The summed E-state index contributed by atoms with van der Waals surface area (Å²) in [5.41, 5.74) is 3.56. The van der Waals surface area contributed by atoms with Crippen LogP contribution in [0.5, 0.6) is 5.75 Å². The van der Waals surface area contributed by atoms with E-state index in [1.54, 1.807) is 7.11 Å². The number of aromatic nitrogens is 1. The van der Waals surface area contributed by atoms with E-state index in [1.165, 1.54) is 0 Å². The topological polar surface area (TPSA) is 68.3 Å². The first-order chi connectivity index (χ1) is 11.1. The van der Waals surface area contributed by atoms with Crippen LogP contribution in [0.4, 0.5) is 0 Å². The molecule has 2 rings (SSSR count). The van der Waals surface area contributed by atoms with Crippen molar-refractivity contribution in [2.24, 2.45) is 0 Å². The summed E-state index contributed by atoms with van der Waals surface area (Å²) in [6, 6.07) is 7.82. The molecule has 0 bridgehead atoms. The number of ether oxygens (including phenoxy) is 2. The zero-order valence-electron chi connectivity index (χ0n) is 13.9. The van der Waals surface area contributed by atoms with Crippen LogP contribution in [0.2, 0.25) is 0 Å². The van der Waals surface area contributed by atoms with Gasteiger partial charge < -0.3 is 14.0 Å². The minimum absolute atomic E-state index is 0.599. The second-order valence-corrected chi connectivity index (χ2v) is 5.53. The number of hydrogen-bond donors (Lipinski definition) is 0. The van der Waals surface area contributed by atoms with Crippen LogP contribution >= 0.6 is 0 Å². The minimum atomic E-state index is 0.599. The van der Waals surface area contributed by atoms with Gasteiger partial charge in [0.25, 0.3) is 0 Å². The van der Waals surface area contributed by atoms with Gasteiger partial charge in [0.05, 0.1) is 30.5 Å². The SMILES string of the molecule is COCCc1cc(CCCOc2c(C)cc(C#N)cc2C)on1. The maximum absolute atomic E-state index is 8.96. The van der Waals surface area contributed by atoms with Gasteiger partial charge in [-0.15, -0.1) is 0 Å². The molecule has 0 amide bonds. The normalized spacial score (nSPS) is 10.5. The third-order valence-electron chi connectivity index (χ3n) is 3.57. The fourth-order valence-electron chi connectivity index (χ4n) is 2.46. The molecule has 0 atom stereocenters. The Hall–Kier alpha value is -2.32. The van der Waals surface area contributed by atoms with Crippen molar-refractivity contribution < 1.29 is 14.0 Å². The molecule has 5 heteroatoms. The van der Waals surface area contributed by atoms with Gasteiger partial charge in [0.15, 0.2) is 0 Å². The van der Waals surface area contributed by atoms with E-state index >= 15 is 0 Å². The van der Waals surface area contributed by atoms with Gasteiger partial charge in [0.2, 0.25) is 0 Å². The van der Waals surface area contributed by atoms with E-state index in [1.807, 2.05) is 32.0 Å². The molecule has 2 aromatic rings. The third-order valence-corrected chi connectivity index (χ3v) is 3.57. The molecule has 0 spiro atoms. The van der Waals surface area contributed by atoms with Crippen LogP contribution in [0.1, 0.15) is 34.6 Å². The number of aryl methyl sites for hydroxylation is 3. The van der Waals surface area contributed by atoms with Gasteiger partial charge >= 0.3 is 0 Å². The van der Waals surface area contributed by atoms with E-state index in [9.17, 15) is 0 Å². The highest BCUT2D eigenvalue weighted by molar-refractivity contribution is 5.47. The van der Waals surface area contributed by atoms with Gasteiger partial charge in [-0.1, -0.05) is 5.16 Å². The molecule has 23 heavy (non-hydrogen) atoms. The molecule has 0 radical (unpaired) electrons. The molecule has 0 aliphatic rings. The van der Waals surface area contributed by atoms with Crippen LogP contribution < -0.4 is 4.74 Å². The summed E-state index contributed by atoms with van der Waals surface area (Å²) in [7, 11) is 1.67. The van der Waals surface area contributed by atoms with E-state index in [0.29, 0.717) is 18.8 Å². The first-order valence-electron chi connectivity index (χ1n) is 7.71. The van der Waals surface area contributed by atoms with Crippen LogP contribution in [0.25, 0.3) is 0 Å². The van der Waals surface area contributed by atoms with Gasteiger partial charge in [-0.25, -0.2) is 0 Å². The second kappa shape index (κ2) is 8.35. The molecule has 0 N–H and O–H groups in total. The molecular formula is C18H22N2O3. The molecule has 1 aromatic carbocycles. The maximum Gasteiger partial charge on any atom is 0.137 e. The first kappa shape index (κ1) is 17.0. The molecule has 5 nitrogen and oxygen atoms in total. The van der Waals surface area contributed by atoms with Crippen LogP contribution in [-0.2, 0) is 17.6 Å². The molecule has 122 valence electrons. The van der Waals surface area contributed by atoms with Crippen molar-refractivity contribution in [2.45, 2.75) is 33.1 Å². The van der Waals surface area contributed by atoms with Crippen molar-refractivity contribution in [3.8, 4) is 11.8 Å². The Morgan fingerprint density at radius 3 is 2.52 bits per heavy atom. The summed E-state index contributed by atoms with van der Waals surface area (Å²) in [5, 5.41) is 13.0. The van der Waals surface area contributed by atoms with Crippen molar-refractivity contribution in [3.05, 3.63) is 46.3 Å². The fraction of sp³-hybridized carbons (Fsp3) is 0.444. The van der Waals surface area contributed by atoms with E-state index in [4.69, 9.17) is 19.3 Å². The highest BCUT2D eigenvalue weighted by Gasteiger charge is 2.08. The Bertz CT molecular complexity index is 663. The highest BCUT2D eigenvalue weighted by atomic mass is 16.5. The quantitative estimate of drug-likeness (QED) is 0.699. The summed E-state index contributed by atoms with van der Waals surface area (Å²) >= 11 is 0. The molecule has 0 aliphatic carbocycles. The van der Waals surface area contributed by atoms with Crippen molar-refractivity contribution >= 4 is 0 Å². The lowest BCUT2D eigenvalue weighted by atomic mass is 10.1. The highest BCUT2D eigenvalue weighted by Crippen LogP contribution is 2.24. The second-order valence-electron chi connectivity index (χ2n) is 5.53. The zero-order chi connectivity index (χ0) is 16.7. The summed E-state index contributed by atoms with van der Waals surface area (Å²) in [6.07, 6.45) is 2.40. The Balaban J connectivity index is 1.82. The van der Waals surface area contributed by atoms with Crippen LogP contribution in [0.15, 0.2) is 22.7 Å². The standard InChI is InChI=1S/C18H22N2O3/c1-13-9-15(12-19)10-14(2)18(13)22-7-4-5-17-11-16(20-23-17)6-8-21-3/h9-11H,4-8H2,1-3H3. The summed E-state index contributed by atoms with van der Waals surface area (Å²) in [6.45, 7) is 5.16. The number of benzene rings is 1. The molecule has 0 unspecified atom stereocenters. The molecule has 0 saturated carbocycles. The third kappa shape index (κ3) is 4.83. The first-order valence-corrected chi connectivity index (χ1v) is 7.71. The Morgan fingerprint density at radius 1 is 1.13 bits per heavy atom. The Labute approximate surface area is 136 Å². The van der Waals surface area contributed by atoms with E-state index < -0.39 is 0 Å². The number of nitriles is 1. The maximum atomic E-state index is 8.96. The smallest absolute Gasteiger partial charge is 0.137 e. The molecule has 1 heterocycles. The average Bonchev–Trinajstić information content (AvgIpc) is 2.99. The van der Waals surface area contributed by atoms with Gasteiger partial charge in [0.1, 0.15) is 11.5 Å². The fourth-order valence-corrected chi connectivity index (χ4v) is 2.46. The van der Waals surface area contributed by atoms with Crippen LogP contribution in [0.3, 0.4) is 0 Å². The lowest BCUT2D eigenvalue weighted by molar-refractivity contribution is 0.200. The summed E-state index contributed by atoms with van der Waals surface area (Å²) in [4.78, 5) is 0. The van der Waals surface area contributed by atoms with Crippen LogP contribution in [0, 0.1) is 25.2 Å². The largest absolute Gasteiger partial charge is 0.493 e. The molecule has 0 saturated heterocycles. The number of rotatable bonds is 8. The molecule has 0 aliphatic heterocycles. The monoisotopic (exact) mass is 314 g/mol. The van der Waals surface area contributed by atoms with Gasteiger partial charge in [-0.2, -0.15) is 5.26 Å².